The average molecular weight is 354 g/mol. The van der Waals surface area contributed by atoms with Crippen LogP contribution in [0.3, 0.4) is 0 Å². The van der Waals surface area contributed by atoms with Crippen LogP contribution in [0.15, 0.2) is 27.6 Å². The van der Waals surface area contributed by atoms with E-state index in [9.17, 15) is 17.6 Å². The summed E-state index contributed by atoms with van der Waals surface area (Å²) in [5.41, 5.74) is 0. The fraction of sp³-hybridized carbons (Fsp3) is 0.364. The van der Waals surface area contributed by atoms with Gasteiger partial charge in [0.1, 0.15) is 11.9 Å². The number of rotatable bonds is 5. The molecule has 0 amide bonds. The molecule has 0 saturated carbocycles. The van der Waals surface area contributed by atoms with Gasteiger partial charge in [-0.2, -0.15) is 4.72 Å². The first-order chi connectivity index (χ1) is 8.65. The molecule has 0 aliphatic heterocycles. The second kappa shape index (κ2) is 5.98. The van der Waals surface area contributed by atoms with Crippen LogP contribution in [0.4, 0.5) is 4.39 Å². The number of sulfonamides is 1. The van der Waals surface area contributed by atoms with E-state index < -0.39 is 33.8 Å². The Bertz CT molecular complexity index is 588. The number of carbonyl (C=O) groups is 1. The highest BCUT2D eigenvalue weighted by atomic mass is 79.9. The lowest BCUT2D eigenvalue weighted by atomic mass is 10.1. The topological polar surface area (TPSA) is 83.5 Å². The standard InChI is InChI=1S/C11H13BrFNO4S/c1-6(2)10(11(15)16)14-19(17,18)7-3-4-9(13)8(12)5-7/h3-6,10,14H,1-2H3,(H,15,16)/t10-/m0/s1. The van der Waals surface area contributed by atoms with E-state index in [0.717, 1.165) is 18.2 Å². The summed E-state index contributed by atoms with van der Waals surface area (Å²) in [5, 5.41) is 8.96. The summed E-state index contributed by atoms with van der Waals surface area (Å²) >= 11 is 2.88. The molecule has 1 aromatic carbocycles. The van der Waals surface area contributed by atoms with Gasteiger partial charge < -0.3 is 5.11 Å². The molecule has 8 heteroatoms. The maximum Gasteiger partial charge on any atom is 0.322 e. The van der Waals surface area contributed by atoms with Gasteiger partial charge in [-0.1, -0.05) is 13.8 Å². The highest BCUT2D eigenvalue weighted by molar-refractivity contribution is 9.10. The van der Waals surface area contributed by atoms with Crippen LogP contribution in [-0.2, 0) is 14.8 Å². The quantitative estimate of drug-likeness (QED) is 0.847. The number of carboxylic acid groups (broad SMARTS) is 1. The van der Waals surface area contributed by atoms with Crippen molar-refractivity contribution in [1.29, 1.82) is 0 Å². The van der Waals surface area contributed by atoms with Crippen molar-refractivity contribution in [2.75, 3.05) is 0 Å². The number of hydrogen-bond acceptors (Lipinski definition) is 3. The first-order valence-corrected chi connectivity index (χ1v) is 7.63. The lowest BCUT2D eigenvalue weighted by Gasteiger charge is -2.18. The highest BCUT2D eigenvalue weighted by Crippen LogP contribution is 2.20. The molecule has 19 heavy (non-hydrogen) atoms. The number of benzene rings is 1. The summed E-state index contributed by atoms with van der Waals surface area (Å²) in [6.07, 6.45) is 0. The molecule has 0 aliphatic rings. The highest BCUT2D eigenvalue weighted by Gasteiger charge is 2.28. The Balaban J connectivity index is 3.10. The van der Waals surface area contributed by atoms with E-state index in [4.69, 9.17) is 5.11 Å². The molecule has 0 radical (unpaired) electrons. The van der Waals surface area contributed by atoms with Crippen LogP contribution in [0.25, 0.3) is 0 Å². The maximum absolute atomic E-state index is 13.0. The predicted octanol–water partition coefficient (Wildman–Crippen LogP) is 1.98. The second-order valence-electron chi connectivity index (χ2n) is 4.26. The Hall–Kier alpha value is -0.990. The molecule has 0 fully saturated rings. The van der Waals surface area contributed by atoms with Crippen molar-refractivity contribution in [3.05, 3.63) is 28.5 Å². The van der Waals surface area contributed by atoms with Gasteiger partial charge in [0.15, 0.2) is 0 Å². The Morgan fingerprint density at radius 1 is 1.42 bits per heavy atom. The largest absolute Gasteiger partial charge is 0.480 e. The van der Waals surface area contributed by atoms with Gasteiger partial charge in [-0.05, 0) is 40.0 Å². The van der Waals surface area contributed by atoms with Crippen LogP contribution in [0.5, 0.6) is 0 Å². The van der Waals surface area contributed by atoms with E-state index >= 15 is 0 Å². The van der Waals surface area contributed by atoms with Gasteiger partial charge in [-0.3, -0.25) is 4.79 Å². The molecule has 1 aromatic rings. The first-order valence-electron chi connectivity index (χ1n) is 5.35. The third kappa shape index (κ3) is 3.99. The minimum atomic E-state index is -4.02. The zero-order valence-electron chi connectivity index (χ0n) is 10.2. The SMILES string of the molecule is CC(C)[C@H](NS(=O)(=O)c1ccc(F)c(Br)c1)C(=O)O. The summed E-state index contributed by atoms with van der Waals surface area (Å²) in [4.78, 5) is 10.8. The van der Waals surface area contributed by atoms with Gasteiger partial charge in [-0.25, -0.2) is 12.8 Å². The summed E-state index contributed by atoms with van der Waals surface area (Å²) in [6, 6.07) is 1.90. The van der Waals surface area contributed by atoms with Crippen LogP contribution >= 0.6 is 15.9 Å². The van der Waals surface area contributed by atoms with Crippen molar-refractivity contribution in [3.8, 4) is 0 Å². The predicted molar refractivity (Wildman–Crippen MR) is 70.7 cm³/mol. The molecular weight excluding hydrogens is 341 g/mol. The minimum absolute atomic E-state index is 0.00760. The number of carboxylic acids is 1. The molecule has 0 bridgehead atoms. The number of halogens is 2. The van der Waals surface area contributed by atoms with Gasteiger partial charge in [0.2, 0.25) is 10.0 Å². The Kier molecular flexibility index (Phi) is 5.05. The molecule has 0 unspecified atom stereocenters. The minimum Gasteiger partial charge on any atom is -0.480 e. The third-order valence-corrected chi connectivity index (χ3v) is 4.46. The molecule has 5 nitrogen and oxygen atoms in total. The fourth-order valence-corrected chi connectivity index (χ4v) is 3.24. The number of aliphatic carboxylic acids is 1. The average Bonchev–Trinajstić information content (AvgIpc) is 2.28. The van der Waals surface area contributed by atoms with Crippen LogP contribution in [0, 0.1) is 11.7 Å². The first kappa shape index (κ1) is 16.1. The molecule has 0 heterocycles. The monoisotopic (exact) mass is 353 g/mol. The number of hydrogen-bond donors (Lipinski definition) is 2. The van der Waals surface area contributed by atoms with Crippen molar-refractivity contribution >= 4 is 31.9 Å². The van der Waals surface area contributed by atoms with Crippen LogP contribution < -0.4 is 4.72 Å². The van der Waals surface area contributed by atoms with Crippen LogP contribution in [0.2, 0.25) is 0 Å². The van der Waals surface area contributed by atoms with Gasteiger partial charge in [-0.15, -0.1) is 0 Å². The maximum atomic E-state index is 13.0. The van der Waals surface area contributed by atoms with E-state index in [0.29, 0.717) is 0 Å². The second-order valence-corrected chi connectivity index (χ2v) is 6.83. The summed E-state index contributed by atoms with van der Waals surface area (Å²) < 4.78 is 39.1. The third-order valence-electron chi connectivity index (χ3n) is 2.42. The normalized spacial score (nSPS) is 13.5. The van der Waals surface area contributed by atoms with Crippen LogP contribution in [0.1, 0.15) is 13.8 Å². The van der Waals surface area contributed by atoms with Crippen molar-refractivity contribution in [2.24, 2.45) is 5.92 Å². The van der Waals surface area contributed by atoms with E-state index in [1.54, 1.807) is 13.8 Å². The fourth-order valence-electron chi connectivity index (χ4n) is 1.35. The van der Waals surface area contributed by atoms with E-state index in [1.807, 2.05) is 0 Å². The molecule has 0 saturated heterocycles. The Morgan fingerprint density at radius 3 is 2.42 bits per heavy atom. The van der Waals surface area contributed by atoms with Gasteiger partial charge in [0, 0.05) is 0 Å². The zero-order chi connectivity index (χ0) is 14.8. The van der Waals surface area contributed by atoms with E-state index in [1.165, 1.54) is 0 Å². The number of nitrogens with one attached hydrogen (secondary N) is 1. The Labute approximate surface area is 119 Å². The molecule has 0 aliphatic carbocycles. The molecule has 0 spiro atoms. The van der Waals surface area contributed by atoms with Gasteiger partial charge in [0.05, 0.1) is 9.37 Å². The molecule has 0 aromatic heterocycles. The van der Waals surface area contributed by atoms with E-state index in [-0.39, 0.29) is 9.37 Å². The summed E-state index contributed by atoms with van der Waals surface area (Å²) in [6.45, 7) is 3.17. The molecule has 1 rings (SSSR count). The zero-order valence-corrected chi connectivity index (χ0v) is 12.6. The molecule has 2 N–H and O–H groups in total. The Morgan fingerprint density at radius 2 is 2.00 bits per heavy atom. The molecule has 106 valence electrons. The molecule has 1 atom stereocenters. The lowest BCUT2D eigenvalue weighted by Crippen LogP contribution is -2.44. The van der Waals surface area contributed by atoms with Crippen molar-refractivity contribution in [2.45, 2.75) is 24.8 Å². The smallest absolute Gasteiger partial charge is 0.322 e. The van der Waals surface area contributed by atoms with Gasteiger partial charge in [0.25, 0.3) is 0 Å². The lowest BCUT2D eigenvalue weighted by molar-refractivity contribution is -0.140. The summed E-state index contributed by atoms with van der Waals surface area (Å²) in [5.74, 6) is -2.28. The van der Waals surface area contributed by atoms with Crippen molar-refractivity contribution in [1.82, 2.24) is 4.72 Å². The van der Waals surface area contributed by atoms with Crippen LogP contribution in [-0.4, -0.2) is 25.5 Å². The van der Waals surface area contributed by atoms with E-state index in [2.05, 4.69) is 20.7 Å². The van der Waals surface area contributed by atoms with Gasteiger partial charge >= 0.3 is 5.97 Å². The summed E-state index contributed by atoms with van der Waals surface area (Å²) in [7, 11) is -4.02. The van der Waals surface area contributed by atoms with Crippen molar-refractivity contribution in [3.63, 3.8) is 0 Å². The van der Waals surface area contributed by atoms with Crippen molar-refractivity contribution < 1.29 is 22.7 Å². The molecular formula is C11H13BrFNO4S.